The van der Waals surface area contributed by atoms with Crippen molar-refractivity contribution in [1.82, 2.24) is 15.5 Å². The Hall–Kier alpha value is -0.820. The van der Waals surface area contributed by atoms with E-state index in [0.717, 1.165) is 24.3 Å². The van der Waals surface area contributed by atoms with Gasteiger partial charge < -0.3 is 15.5 Å². The molecule has 1 aliphatic heterocycles. The molecule has 2 aliphatic rings. The Kier molecular flexibility index (Phi) is 8.00. The van der Waals surface area contributed by atoms with E-state index in [4.69, 9.17) is 0 Å². The quantitative estimate of drug-likeness (QED) is 0.405. The van der Waals surface area contributed by atoms with E-state index in [1.165, 1.54) is 37.9 Å². The Morgan fingerprint density at radius 2 is 1.88 bits per heavy atom. The van der Waals surface area contributed by atoms with Crippen molar-refractivity contribution in [3.63, 3.8) is 0 Å². The van der Waals surface area contributed by atoms with Gasteiger partial charge in [-0.25, -0.2) is 0 Å². The SMILES string of the molecule is CN=C(NCC1CC1c1ccccc1)NC1CCN(C(C)C)CC1.I. The van der Waals surface area contributed by atoms with Crippen molar-refractivity contribution in [1.29, 1.82) is 0 Å². The van der Waals surface area contributed by atoms with Crippen molar-refractivity contribution in [2.45, 2.75) is 51.1 Å². The highest BCUT2D eigenvalue weighted by molar-refractivity contribution is 14.0. The van der Waals surface area contributed by atoms with Crippen molar-refractivity contribution in [3.05, 3.63) is 35.9 Å². The molecule has 1 aliphatic carbocycles. The van der Waals surface area contributed by atoms with Crippen LogP contribution in [-0.4, -0.2) is 49.6 Å². The molecule has 1 saturated carbocycles. The van der Waals surface area contributed by atoms with E-state index in [0.29, 0.717) is 12.1 Å². The van der Waals surface area contributed by atoms with Crippen molar-refractivity contribution in [2.24, 2.45) is 10.9 Å². The lowest BCUT2D eigenvalue weighted by Gasteiger charge is -2.35. The second kappa shape index (κ2) is 9.76. The summed E-state index contributed by atoms with van der Waals surface area (Å²) in [6.45, 7) is 7.96. The Morgan fingerprint density at radius 1 is 1.20 bits per heavy atom. The Bertz CT molecular complexity index is 538. The molecule has 0 bridgehead atoms. The lowest BCUT2D eigenvalue weighted by molar-refractivity contribution is 0.167. The summed E-state index contributed by atoms with van der Waals surface area (Å²) < 4.78 is 0. The Morgan fingerprint density at radius 3 is 2.48 bits per heavy atom. The standard InChI is InChI=1S/C20H32N4.HI/c1-15(2)24-11-9-18(10-12-24)23-20(21-3)22-14-17-13-19(17)16-7-5-4-6-8-16;/h4-8,15,17-19H,9-14H2,1-3H3,(H2,21,22,23);1H. The van der Waals surface area contributed by atoms with E-state index in [9.17, 15) is 0 Å². The number of guanidine groups is 1. The summed E-state index contributed by atoms with van der Waals surface area (Å²) >= 11 is 0. The van der Waals surface area contributed by atoms with Gasteiger partial charge in [-0.05, 0) is 50.5 Å². The predicted octanol–water partition coefficient (Wildman–Crippen LogP) is 3.45. The molecule has 1 saturated heterocycles. The summed E-state index contributed by atoms with van der Waals surface area (Å²) in [6.07, 6.45) is 3.70. The average molecular weight is 456 g/mol. The van der Waals surface area contributed by atoms with Crippen molar-refractivity contribution < 1.29 is 0 Å². The van der Waals surface area contributed by atoms with Gasteiger partial charge in [0.2, 0.25) is 0 Å². The first kappa shape index (κ1) is 20.5. The molecule has 0 radical (unpaired) electrons. The molecule has 1 heterocycles. The fourth-order valence-corrected chi connectivity index (χ4v) is 3.76. The Balaban J connectivity index is 0.00000225. The summed E-state index contributed by atoms with van der Waals surface area (Å²) in [5.74, 6) is 2.44. The summed E-state index contributed by atoms with van der Waals surface area (Å²) in [5.41, 5.74) is 1.48. The minimum atomic E-state index is 0. The number of hydrogen-bond acceptors (Lipinski definition) is 2. The van der Waals surface area contributed by atoms with Crippen LogP contribution in [0.4, 0.5) is 0 Å². The molecule has 2 atom stereocenters. The molecule has 4 nitrogen and oxygen atoms in total. The molecule has 25 heavy (non-hydrogen) atoms. The zero-order valence-corrected chi connectivity index (χ0v) is 18.1. The van der Waals surface area contributed by atoms with Crippen LogP contribution in [0.3, 0.4) is 0 Å². The van der Waals surface area contributed by atoms with E-state index < -0.39 is 0 Å². The predicted molar refractivity (Wildman–Crippen MR) is 117 cm³/mol. The second-order valence-electron chi connectivity index (χ2n) is 7.51. The molecule has 3 rings (SSSR count). The highest BCUT2D eigenvalue weighted by Gasteiger charge is 2.37. The first-order chi connectivity index (χ1) is 11.7. The molecule has 0 spiro atoms. The third-order valence-electron chi connectivity index (χ3n) is 5.51. The van der Waals surface area contributed by atoms with Crippen molar-refractivity contribution in [3.8, 4) is 0 Å². The summed E-state index contributed by atoms with van der Waals surface area (Å²) in [6, 6.07) is 12.1. The van der Waals surface area contributed by atoms with Crippen LogP contribution in [0, 0.1) is 5.92 Å². The van der Waals surface area contributed by atoms with Crippen LogP contribution in [-0.2, 0) is 0 Å². The third-order valence-corrected chi connectivity index (χ3v) is 5.51. The van der Waals surface area contributed by atoms with E-state index in [1.54, 1.807) is 0 Å². The van der Waals surface area contributed by atoms with Crippen LogP contribution in [0.2, 0.25) is 0 Å². The molecular formula is C20H33IN4. The van der Waals surface area contributed by atoms with Crippen LogP contribution in [0.5, 0.6) is 0 Å². The topological polar surface area (TPSA) is 39.7 Å². The van der Waals surface area contributed by atoms with E-state index in [2.05, 4.69) is 64.7 Å². The molecule has 1 aromatic rings. The number of nitrogens with zero attached hydrogens (tertiary/aromatic N) is 2. The van der Waals surface area contributed by atoms with Gasteiger partial charge in [0, 0.05) is 38.8 Å². The van der Waals surface area contributed by atoms with E-state index in [1.807, 2.05) is 7.05 Å². The average Bonchev–Trinajstić information content (AvgIpc) is 3.39. The zero-order valence-electron chi connectivity index (χ0n) is 15.7. The Labute approximate surface area is 169 Å². The first-order valence-electron chi connectivity index (χ1n) is 9.43. The smallest absolute Gasteiger partial charge is 0.191 e. The highest BCUT2D eigenvalue weighted by atomic mass is 127. The lowest BCUT2D eigenvalue weighted by Crippen LogP contribution is -2.50. The minimum absolute atomic E-state index is 0. The van der Waals surface area contributed by atoms with Gasteiger partial charge >= 0.3 is 0 Å². The monoisotopic (exact) mass is 456 g/mol. The zero-order chi connectivity index (χ0) is 16.9. The maximum absolute atomic E-state index is 4.41. The number of piperidine rings is 1. The van der Waals surface area contributed by atoms with Gasteiger partial charge in [-0.1, -0.05) is 30.3 Å². The summed E-state index contributed by atoms with van der Waals surface area (Å²) in [5, 5.41) is 7.15. The van der Waals surface area contributed by atoms with Gasteiger partial charge in [0.15, 0.2) is 5.96 Å². The summed E-state index contributed by atoms with van der Waals surface area (Å²) in [4.78, 5) is 6.97. The van der Waals surface area contributed by atoms with Gasteiger partial charge in [-0.15, -0.1) is 24.0 Å². The first-order valence-corrected chi connectivity index (χ1v) is 9.43. The fraction of sp³-hybridized carbons (Fsp3) is 0.650. The molecule has 5 heteroatoms. The molecule has 140 valence electrons. The molecular weight excluding hydrogens is 423 g/mol. The van der Waals surface area contributed by atoms with Crippen molar-refractivity contribution in [2.75, 3.05) is 26.7 Å². The van der Waals surface area contributed by atoms with Crippen molar-refractivity contribution >= 4 is 29.9 Å². The second-order valence-corrected chi connectivity index (χ2v) is 7.51. The number of hydrogen-bond donors (Lipinski definition) is 2. The van der Waals surface area contributed by atoms with Gasteiger partial charge in [0.1, 0.15) is 0 Å². The fourth-order valence-electron chi connectivity index (χ4n) is 3.76. The molecule has 0 aromatic heterocycles. The van der Waals surface area contributed by atoms with Gasteiger partial charge in [-0.3, -0.25) is 4.99 Å². The van der Waals surface area contributed by atoms with E-state index >= 15 is 0 Å². The number of nitrogens with one attached hydrogen (secondary N) is 2. The number of benzene rings is 1. The minimum Gasteiger partial charge on any atom is -0.356 e. The molecule has 2 unspecified atom stereocenters. The van der Waals surface area contributed by atoms with Crippen LogP contribution in [0.15, 0.2) is 35.3 Å². The van der Waals surface area contributed by atoms with E-state index in [-0.39, 0.29) is 24.0 Å². The molecule has 0 amide bonds. The molecule has 2 N–H and O–H groups in total. The normalized spacial score (nSPS) is 24.7. The van der Waals surface area contributed by atoms with Gasteiger partial charge in [-0.2, -0.15) is 0 Å². The number of halogens is 1. The summed E-state index contributed by atoms with van der Waals surface area (Å²) in [7, 11) is 1.88. The lowest BCUT2D eigenvalue weighted by atomic mass is 10.0. The largest absolute Gasteiger partial charge is 0.356 e. The molecule has 1 aromatic carbocycles. The highest BCUT2D eigenvalue weighted by Crippen LogP contribution is 2.46. The van der Waals surface area contributed by atoms with Crippen LogP contribution < -0.4 is 10.6 Å². The number of aliphatic imine (C=N–C) groups is 1. The van der Waals surface area contributed by atoms with Crippen LogP contribution in [0.25, 0.3) is 0 Å². The van der Waals surface area contributed by atoms with Crippen LogP contribution in [0.1, 0.15) is 44.6 Å². The molecule has 2 fully saturated rings. The maximum atomic E-state index is 4.41. The maximum Gasteiger partial charge on any atom is 0.191 e. The third kappa shape index (κ3) is 5.84. The van der Waals surface area contributed by atoms with Gasteiger partial charge in [0.25, 0.3) is 0 Å². The number of rotatable bonds is 5. The van der Waals surface area contributed by atoms with Gasteiger partial charge in [0.05, 0.1) is 0 Å². The number of likely N-dealkylation sites (tertiary alicyclic amines) is 1. The van der Waals surface area contributed by atoms with Crippen LogP contribution >= 0.6 is 24.0 Å².